The van der Waals surface area contributed by atoms with E-state index < -0.39 is 5.54 Å². The molecule has 6 aromatic rings. The second kappa shape index (κ2) is 12.1. The third-order valence-corrected chi connectivity index (χ3v) is 11.1. The minimum absolute atomic E-state index is 0.0429. The summed E-state index contributed by atoms with van der Waals surface area (Å²) in [5, 5.41) is 13.3. The molecule has 0 atom stereocenters. The first-order chi connectivity index (χ1) is 24.8. The number of aromatic nitrogens is 6. The second-order valence-corrected chi connectivity index (χ2v) is 14.0. The van der Waals surface area contributed by atoms with E-state index in [2.05, 4.69) is 36.1 Å². The highest BCUT2D eigenvalue weighted by atomic mass is 35.5. The van der Waals surface area contributed by atoms with Gasteiger partial charge in [-0.3, -0.25) is 4.79 Å². The summed E-state index contributed by atoms with van der Waals surface area (Å²) in [7, 11) is 0. The standard InChI is InChI=1S/C35H35Cl2N13O/c36-25-5-4-23(17-26(25)37)45-12-14-47(15-13-45)32-20-29(39)50-33(43-32)18-27(44-50)22-2-1-3-24(16-22)48-21-40-34(51)35(48)7-10-46(11-8-35)31-19-28(38)49-30(42-31)6-9-41-49/h1-6,9,16-20H,7-8,10-15,21,38-39H2,(H,40,51). The summed E-state index contributed by atoms with van der Waals surface area (Å²) in [4.78, 5) is 32.1. The Bertz CT molecular complexity index is 2310. The number of hydrogen-bond acceptors (Lipinski definition) is 11. The number of rotatable bonds is 5. The van der Waals surface area contributed by atoms with Gasteiger partial charge in [0.25, 0.3) is 0 Å². The lowest BCUT2D eigenvalue weighted by atomic mass is 9.85. The Kier molecular flexibility index (Phi) is 7.47. The van der Waals surface area contributed by atoms with Crippen molar-refractivity contribution in [3.63, 3.8) is 0 Å². The Labute approximate surface area is 303 Å². The highest BCUT2D eigenvalue weighted by Gasteiger charge is 2.50. The fourth-order valence-corrected chi connectivity index (χ4v) is 7.90. The highest BCUT2D eigenvalue weighted by Crippen LogP contribution is 2.39. The molecule has 1 spiro atoms. The number of nitrogens with zero attached hydrogens (tertiary/aromatic N) is 10. The van der Waals surface area contributed by atoms with Gasteiger partial charge in [-0.25, -0.2) is 9.97 Å². The van der Waals surface area contributed by atoms with Gasteiger partial charge in [0.2, 0.25) is 5.91 Å². The van der Waals surface area contributed by atoms with Crippen LogP contribution in [0.3, 0.4) is 0 Å². The van der Waals surface area contributed by atoms with E-state index in [1.807, 2.05) is 60.7 Å². The van der Waals surface area contributed by atoms with Gasteiger partial charge in [0.1, 0.15) is 28.8 Å². The quantitative estimate of drug-likeness (QED) is 0.235. The summed E-state index contributed by atoms with van der Waals surface area (Å²) < 4.78 is 3.29. The number of carbonyl (C=O) groups is 1. The summed E-state index contributed by atoms with van der Waals surface area (Å²) in [6, 6.07) is 21.4. The van der Waals surface area contributed by atoms with Crippen LogP contribution in [0, 0.1) is 0 Å². The van der Waals surface area contributed by atoms with E-state index in [9.17, 15) is 4.79 Å². The number of piperazine rings is 1. The first-order valence-corrected chi connectivity index (χ1v) is 17.6. The van der Waals surface area contributed by atoms with E-state index in [4.69, 9.17) is 49.7 Å². The molecule has 3 saturated heterocycles. The molecular formula is C35H35Cl2N13O. The van der Waals surface area contributed by atoms with E-state index in [0.29, 0.717) is 65.6 Å². The van der Waals surface area contributed by atoms with E-state index >= 15 is 0 Å². The van der Waals surface area contributed by atoms with Crippen LogP contribution in [0.15, 0.2) is 72.9 Å². The predicted octanol–water partition coefficient (Wildman–Crippen LogP) is 4.17. The Morgan fingerprint density at radius 2 is 1.41 bits per heavy atom. The van der Waals surface area contributed by atoms with Crippen LogP contribution in [0.1, 0.15) is 12.8 Å². The number of nitrogens with two attached hydrogens (primary N) is 2. The zero-order valence-corrected chi connectivity index (χ0v) is 29.1. The molecule has 16 heteroatoms. The summed E-state index contributed by atoms with van der Waals surface area (Å²) >= 11 is 12.4. The fraction of sp³-hybridized carbons (Fsp3) is 0.286. The second-order valence-electron chi connectivity index (χ2n) is 13.2. The van der Waals surface area contributed by atoms with Crippen molar-refractivity contribution in [3.8, 4) is 11.3 Å². The van der Waals surface area contributed by atoms with Crippen LogP contribution in [0.5, 0.6) is 0 Å². The van der Waals surface area contributed by atoms with Crippen LogP contribution in [-0.2, 0) is 4.79 Å². The monoisotopic (exact) mass is 723 g/mol. The molecule has 0 saturated carbocycles. The van der Waals surface area contributed by atoms with E-state index in [-0.39, 0.29) is 5.91 Å². The zero-order valence-electron chi connectivity index (χ0n) is 27.6. The molecule has 5 N–H and O–H groups in total. The molecule has 0 radical (unpaired) electrons. The molecule has 51 heavy (non-hydrogen) atoms. The average Bonchev–Trinajstić information content (AvgIpc) is 3.88. The van der Waals surface area contributed by atoms with Crippen LogP contribution >= 0.6 is 23.2 Å². The molecule has 260 valence electrons. The smallest absolute Gasteiger partial charge is 0.247 e. The molecule has 0 bridgehead atoms. The molecule has 0 aliphatic carbocycles. The number of halogens is 2. The van der Waals surface area contributed by atoms with Gasteiger partial charge in [-0.15, -0.1) is 0 Å². The molecule has 3 aliphatic rings. The topological polar surface area (TPSA) is 154 Å². The fourth-order valence-electron chi connectivity index (χ4n) is 7.61. The lowest BCUT2D eigenvalue weighted by molar-refractivity contribution is -0.124. The number of carbonyl (C=O) groups excluding carboxylic acids is 1. The number of hydrogen-bond donors (Lipinski definition) is 3. The molecule has 3 aliphatic heterocycles. The summed E-state index contributed by atoms with van der Waals surface area (Å²) in [5.74, 6) is 2.67. The zero-order chi connectivity index (χ0) is 34.9. The summed E-state index contributed by atoms with van der Waals surface area (Å²) in [6.07, 6.45) is 2.95. The van der Waals surface area contributed by atoms with Gasteiger partial charge in [-0.05, 0) is 43.2 Å². The van der Waals surface area contributed by atoms with Crippen molar-refractivity contribution in [1.82, 2.24) is 34.5 Å². The lowest BCUT2D eigenvalue weighted by Gasteiger charge is -2.43. The molecule has 14 nitrogen and oxygen atoms in total. The van der Waals surface area contributed by atoms with Crippen LogP contribution in [0.2, 0.25) is 10.0 Å². The van der Waals surface area contributed by atoms with Crippen molar-refractivity contribution in [2.24, 2.45) is 0 Å². The van der Waals surface area contributed by atoms with Crippen molar-refractivity contribution >= 4 is 75.0 Å². The van der Waals surface area contributed by atoms with Crippen molar-refractivity contribution < 1.29 is 4.79 Å². The van der Waals surface area contributed by atoms with E-state index in [0.717, 1.165) is 60.4 Å². The first-order valence-electron chi connectivity index (χ1n) is 16.9. The van der Waals surface area contributed by atoms with E-state index in [1.165, 1.54) is 0 Å². The minimum atomic E-state index is -0.676. The number of anilines is 6. The van der Waals surface area contributed by atoms with Crippen molar-refractivity contribution in [1.29, 1.82) is 0 Å². The maximum Gasteiger partial charge on any atom is 0.247 e. The third kappa shape index (κ3) is 5.36. The van der Waals surface area contributed by atoms with Crippen LogP contribution in [0.25, 0.3) is 22.6 Å². The molecule has 4 aromatic heterocycles. The Morgan fingerprint density at radius 1 is 0.706 bits per heavy atom. The van der Waals surface area contributed by atoms with E-state index in [1.54, 1.807) is 15.2 Å². The number of benzene rings is 2. The van der Waals surface area contributed by atoms with Gasteiger partial charge in [0, 0.05) is 80.5 Å². The maximum absolute atomic E-state index is 13.5. The molecule has 9 rings (SSSR count). The lowest BCUT2D eigenvalue weighted by Crippen LogP contribution is -2.56. The Balaban J connectivity index is 0.931. The number of piperidine rings is 1. The number of nitrogens with one attached hydrogen (secondary N) is 1. The molecule has 1 amide bonds. The first kappa shape index (κ1) is 31.5. The molecular weight excluding hydrogens is 689 g/mol. The minimum Gasteiger partial charge on any atom is -0.383 e. The molecule has 7 heterocycles. The predicted molar refractivity (Wildman–Crippen MR) is 201 cm³/mol. The highest BCUT2D eigenvalue weighted by molar-refractivity contribution is 6.42. The molecule has 2 aromatic carbocycles. The Morgan fingerprint density at radius 3 is 2.18 bits per heavy atom. The number of nitrogen functional groups attached to an aromatic ring is 2. The number of amides is 1. The summed E-state index contributed by atoms with van der Waals surface area (Å²) in [6.45, 7) is 4.91. The van der Waals surface area contributed by atoms with Crippen molar-refractivity contribution in [3.05, 3.63) is 83.0 Å². The largest absolute Gasteiger partial charge is 0.383 e. The van der Waals surface area contributed by atoms with Gasteiger partial charge in [-0.2, -0.15) is 19.2 Å². The maximum atomic E-state index is 13.5. The van der Waals surface area contributed by atoms with Gasteiger partial charge < -0.3 is 36.4 Å². The van der Waals surface area contributed by atoms with Gasteiger partial charge in [0.05, 0.1) is 28.6 Å². The van der Waals surface area contributed by atoms with Crippen LogP contribution in [-0.4, -0.2) is 86.6 Å². The summed E-state index contributed by atoms with van der Waals surface area (Å²) in [5.41, 5.74) is 17.1. The van der Waals surface area contributed by atoms with Crippen LogP contribution in [0.4, 0.5) is 34.6 Å². The number of fused-ring (bicyclic) bond motifs is 2. The Hall–Kier alpha value is -5.47. The van der Waals surface area contributed by atoms with Gasteiger partial charge >= 0.3 is 0 Å². The third-order valence-electron chi connectivity index (χ3n) is 10.4. The van der Waals surface area contributed by atoms with Crippen molar-refractivity contribution in [2.45, 2.75) is 18.4 Å². The normalized spacial score (nSPS) is 17.6. The van der Waals surface area contributed by atoms with Crippen LogP contribution < -0.4 is 36.4 Å². The molecule has 3 fully saturated rings. The average molecular weight is 725 g/mol. The molecule has 0 unspecified atom stereocenters. The SMILES string of the molecule is Nc1cc(N2CCC3(CC2)C(=O)NCN3c2cccc(-c3cc4nc(N5CCN(c6ccc(Cl)c(Cl)c6)CC5)cc(N)n4n3)c2)nc2ccnn12. The van der Waals surface area contributed by atoms with Crippen molar-refractivity contribution in [2.75, 3.05) is 77.0 Å². The van der Waals surface area contributed by atoms with Gasteiger partial charge in [0.15, 0.2) is 11.3 Å². The van der Waals surface area contributed by atoms with Gasteiger partial charge in [-0.1, -0.05) is 35.3 Å².